The Morgan fingerprint density at radius 1 is 0.935 bits per heavy atom. The van der Waals surface area contributed by atoms with Gasteiger partial charge in [0.15, 0.2) is 0 Å². The Bertz CT molecular complexity index is 1520. The molecule has 0 aliphatic heterocycles. The Morgan fingerprint density at radius 3 is 2.22 bits per heavy atom. The lowest BCUT2D eigenvalue weighted by Gasteiger charge is -2.38. The number of nitrogens with one attached hydrogen (secondary N) is 2. The van der Waals surface area contributed by atoms with Gasteiger partial charge in [-0.1, -0.05) is 95.3 Å². The van der Waals surface area contributed by atoms with E-state index >= 15 is 0 Å². The molecule has 2 amide bonds. The lowest BCUT2D eigenvalue weighted by Crippen LogP contribution is -2.60. The summed E-state index contributed by atoms with van der Waals surface area (Å²) in [7, 11) is -2.48. The van der Waals surface area contributed by atoms with E-state index < -0.39 is 33.5 Å². The number of amides is 2. The number of carbonyl (C=O) groups is 2. The average molecular weight is 655 g/mol. The largest absolute Gasteiger partial charge is 0.390 e. The smallest absolute Gasteiger partial charge is 0.252 e. The Hall–Kier alpha value is -3.35. The van der Waals surface area contributed by atoms with Gasteiger partial charge in [0.25, 0.3) is 5.91 Å². The number of carbonyl (C=O) groups excluding carboxylic acids is 2. The van der Waals surface area contributed by atoms with E-state index in [9.17, 15) is 23.1 Å². The van der Waals surface area contributed by atoms with Crippen LogP contribution in [0.5, 0.6) is 0 Å². The van der Waals surface area contributed by atoms with Crippen molar-refractivity contribution >= 4 is 32.6 Å². The molecular formula is C35H50N4O6S. The van der Waals surface area contributed by atoms with Crippen molar-refractivity contribution in [2.24, 2.45) is 11.3 Å². The monoisotopic (exact) mass is 654 g/mol. The molecule has 11 heteroatoms. The molecule has 0 aromatic heterocycles. The van der Waals surface area contributed by atoms with E-state index in [2.05, 4.69) is 10.7 Å². The molecule has 252 valence electrons. The van der Waals surface area contributed by atoms with Gasteiger partial charge in [-0.05, 0) is 46.2 Å². The van der Waals surface area contributed by atoms with Crippen LogP contribution < -0.4 is 10.7 Å². The number of sulfonamides is 1. The van der Waals surface area contributed by atoms with Crippen molar-refractivity contribution in [1.82, 2.24) is 20.1 Å². The van der Waals surface area contributed by atoms with Crippen LogP contribution in [0.15, 0.2) is 77.7 Å². The van der Waals surface area contributed by atoms with Crippen molar-refractivity contribution in [3.8, 4) is 0 Å². The molecule has 10 nitrogen and oxygen atoms in total. The minimum atomic E-state index is -4.04. The molecule has 3 aromatic carbocycles. The number of aliphatic hydroxyl groups excluding tert-OH is 1. The van der Waals surface area contributed by atoms with Gasteiger partial charge in [0.05, 0.1) is 30.2 Å². The summed E-state index contributed by atoms with van der Waals surface area (Å²) in [5.74, 6) is -0.900. The quantitative estimate of drug-likeness (QED) is 0.157. The van der Waals surface area contributed by atoms with E-state index in [1.165, 1.54) is 9.31 Å². The van der Waals surface area contributed by atoms with E-state index in [4.69, 9.17) is 4.74 Å². The van der Waals surface area contributed by atoms with Gasteiger partial charge in [-0.3, -0.25) is 15.0 Å². The number of ether oxygens (including phenoxy) is 1. The van der Waals surface area contributed by atoms with Crippen molar-refractivity contribution in [3.63, 3.8) is 0 Å². The predicted octanol–water partition coefficient (Wildman–Crippen LogP) is 3.99. The van der Waals surface area contributed by atoms with Gasteiger partial charge in [0.1, 0.15) is 0 Å². The van der Waals surface area contributed by atoms with E-state index in [1.807, 2.05) is 89.2 Å². The second-order valence-corrected chi connectivity index (χ2v) is 15.2. The van der Waals surface area contributed by atoms with Gasteiger partial charge in [-0.25, -0.2) is 13.4 Å². The molecule has 0 aliphatic carbocycles. The van der Waals surface area contributed by atoms with Gasteiger partial charge in [-0.15, -0.1) is 0 Å². The molecule has 3 N–H and O–H groups in total. The number of hydrogen-bond donors (Lipinski definition) is 3. The summed E-state index contributed by atoms with van der Waals surface area (Å²) in [5, 5.41) is 17.8. The fourth-order valence-electron chi connectivity index (χ4n) is 5.16. The van der Waals surface area contributed by atoms with Gasteiger partial charge in [-0.2, -0.15) is 4.31 Å². The van der Waals surface area contributed by atoms with Crippen LogP contribution in [0, 0.1) is 11.3 Å². The van der Waals surface area contributed by atoms with Crippen LogP contribution in [-0.2, 0) is 30.8 Å². The standard InChI is InChI=1S/C35H50N4O6S/c1-26(2)24-38(46(43,44)30-17-16-28-14-10-11-15-29(28)21-30)25-32(40)31(20-27-12-8-7-9-13-27)39(34(42)22-35(3,4)5)37-33(41)23-36-18-19-45-6/h7-17,21,26,31-32,36,40H,18-20,22-25H2,1-6H3,(H,37,41)/t31-,32+/m0/s1. The minimum absolute atomic E-state index is 0.0495. The number of aliphatic hydroxyl groups is 1. The zero-order valence-corrected chi connectivity index (χ0v) is 28.7. The molecule has 3 aromatic rings. The highest BCUT2D eigenvalue weighted by molar-refractivity contribution is 7.89. The number of methoxy groups -OCH3 is 1. The lowest BCUT2D eigenvalue weighted by atomic mass is 9.91. The zero-order chi connectivity index (χ0) is 33.9. The summed E-state index contributed by atoms with van der Waals surface area (Å²) in [6.45, 7) is 10.2. The Labute approximate surface area is 274 Å². The summed E-state index contributed by atoms with van der Waals surface area (Å²) in [6.07, 6.45) is -1.08. The Morgan fingerprint density at radius 2 is 1.59 bits per heavy atom. The van der Waals surface area contributed by atoms with Crippen LogP contribution in [0.4, 0.5) is 0 Å². The average Bonchev–Trinajstić information content (AvgIpc) is 2.99. The third-order valence-electron chi connectivity index (χ3n) is 7.35. The van der Waals surface area contributed by atoms with Gasteiger partial charge >= 0.3 is 0 Å². The number of hydrogen-bond acceptors (Lipinski definition) is 7. The third kappa shape index (κ3) is 11.2. The van der Waals surface area contributed by atoms with Gasteiger partial charge in [0.2, 0.25) is 15.9 Å². The van der Waals surface area contributed by atoms with Crippen molar-refractivity contribution in [2.75, 3.05) is 39.9 Å². The molecular weight excluding hydrogens is 604 g/mol. The fraction of sp³-hybridized carbons (Fsp3) is 0.486. The summed E-state index contributed by atoms with van der Waals surface area (Å²) in [4.78, 5) is 27.1. The third-order valence-corrected chi connectivity index (χ3v) is 9.17. The van der Waals surface area contributed by atoms with Crippen molar-refractivity contribution in [3.05, 3.63) is 78.4 Å². The predicted molar refractivity (Wildman–Crippen MR) is 181 cm³/mol. The van der Waals surface area contributed by atoms with E-state index in [-0.39, 0.29) is 49.2 Å². The van der Waals surface area contributed by atoms with Gasteiger partial charge < -0.3 is 15.2 Å². The highest BCUT2D eigenvalue weighted by Crippen LogP contribution is 2.25. The van der Waals surface area contributed by atoms with Crippen LogP contribution in [0.3, 0.4) is 0 Å². The molecule has 0 bridgehead atoms. The molecule has 0 radical (unpaired) electrons. The molecule has 3 rings (SSSR count). The zero-order valence-electron chi connectivity index (χ0n) is 27.9. The second-order valence-electron chi connectivity index (χ2n) is 13.3. The van der Waals surface area contributed by atoms with E-state index in [1.54, 1.807) is 25.3 Å². The molecule has 2 atom stereocenters. The second kappa shape index (κ2) is 17.0. The summed E-state index contributed by atoms with van der Waals surface area (Å²) < 4.78 is 34.5. The summed E-state index contributed by atoms with van der Waals surface area (Å²) >= 11 is 0. The summed E-state index contributed by atoms with van der Waals surface area (Å²) in [6, 6.07) is 20.9. The molecule has 0 saturated heterocycles. The maximum Gasteiger partial charge on any atom is 0.252 e. The van der Waals surface area contributed by atoms with Gasteiger partial charge in [0, 0.05) is 33.2 Å². The SMILES string of the molecule is COCCNCC(=O)NN(C(=O)CC(C)(C)C)[C@@H](Cc1ccccc1)[C@H](O)CN(CC(C)C)S(=O)(=O)c1ccc2ccccc2c1. The minimum Gasteiger partial charge on any atom is -0.390 e. The van der Waals surface area contributed by atoms with E-state index in [0.717, 1.165) is 16.3 Å². The highest BCUT2D eigenvalue weighted by Gasteiger charge is 2.37. The Kier molecular flexibility index (Phi) is 13.7. The van der Waals surface area contributed by atoms with E-state index in [0.29, 0.717) is 13.2 Å². The molecule has 0 saturated carbocycles. The van der Waals surface area contributed by atoms with Crippen LogP contribution in [-0.4, -0.2) is 86.7 Å². The summed E-state index contributed by atoms with van der Waals surface area (Å²) in [5.41, 5.74) is 3.14. The number of fused-ring (bicyclic) bond motifs is 1. The fourth-order valence-corrected chi connectivity index (χ4v) is 6.82. The first-order valence-corrected chi connectivity index (χ1v) is 17.2. The highest BCUT2D eigenvalue weighted by atomic mass is 32.2. The van der Waals surface area contributed by atoms with Crippen molar-refractivity contribution < 1.29 is 27.9 Å². The molecule has 0 aliphatic rings. The normalized spacial score (nSPS) is 13.6. The topological polar surface area (TPSA) is 128 Å². The van der Waals surface area contributed by atoms with Crippen LogP contribution in [0.25, 0.3) is 10.8 Å². The van der Waals surface area contributed by atoms with Crippen LogP contribution in [0.2, 0.25) is 0 Å². The molecule has 0 spiro atoms. The molecule has 46 heavy (non-hydrogen) atoms. The van der Waals surface area contributed by atoms with Crippen molar-refractivity contribution in [2.45, 2.75) is 64.5 Å². The van der Waals surface area contributed by atoms with Crippen molar-refractivity contribution in [1.29, 1.82) is 0 Å². The molecule has 0 fully saturated rings. The molecule has 0 unspecified atom stereocenters. The molecule has 0 heterocycles. The number of nitrogens with zero attached hydrogens (tertiary/aromatic N) is 2. The van der Waals surface area contributed by atoms with Crippen LogP contribution in [0.1, 0.15) is 46.6 Å². The lowest BCUT2D eigenvalue weighted by molar-refractivity contribution is -0.149. The maximum atomic E-state index is 14.1. The first-order valence-electron chi connectivity index (χ1n) is 15.7. The number of benzene rings is 3. The van der Waals surface area contributed by atoms with Crippen LogP contribution >= 0.6 is 0 Å². The number of hydrazine groups is 1. The Balaban J connectivity index is 2.01. The number of rotatable bonds is 16. The maximum absolute atomic E-state index is 14.1. The first-order chi connectivity index (χ1) is 21.7. The first kappa shape index (κ1) is 37.1.